The van der Waals surface area contributed by atoms with Gasteiger partial charge < -0.3 is 20.1 Å². The summed E-state index contributed by atoms with van der Waals surface area (Å²) in [5, 5.41) is 5.20. The van der Waals surface area contributed by atoms with Gasteiger partial charge in [0.1, 0.15) is 16.4 Å². The number of nitrogens with one attached hydrogen (secondary N) is 3. The normalized spacial score (nSPS) is 13.4. The fourth-order valence-corrected chi connectivity index (χ4v) is 4.28. The number of benzene rings is 2. The Kier molecular flexibility index (Phi) is 7.13. The molecule has 9 nitrogen and oxygen atoms in total. The van der Waals surface area contributed by atoms with Gasteiger partial charge in [-0.05, 0) is 48.7 Å². The van der Waals surface area contributed by atoms with Crippen molar-refractivity contribution in [2.45, 2.75) is 30.3 Å². The van der Waals surface area contributed by atoms with Crippen molar-refractivity contribution in [3.05, 3.63) is 53.6 Å². The molecule has 1 fully saturated rings. The molecule has 0 aliphatic heterocycles. The van der Waals surface area contributed by atoms with E-state index in [9.17, 15) is 18.0 Å². The molecule has 0 radical (unpaired) electrons. The van der Waals surface area contributed by atoms with Gasteiger partial charge in [-0.25, -0.2) is 13.1 Å². The van der Waals surface area contributed by atoms with Crippen LogP contribution in [0, 0.1) is 0 Å². The highest BCUT2D eigenvalue weighted by Crippen LogP contribution is 2.28. The van der Waals surface area contributed by atoms with Crippen molar-refractivity contribution in [3.8, 4) is 11.5 Å². The topological polar surface area (TPSA) is 123 Å². The standard InChI is InChI=1S/C21H25N3O6S/c1-29-17-8-3-14(4-9-17)12-22-20(25)13-23-21(26)15-5-10-18(30-2)19(11-15)31(27,28)24-16-6-7-16/h3-5,8-11,16,24H,6-7,12-13H2,1-2H3,(H,22,25)(H,23,26). The summed E-state index contributed by atoms with van der Waals surface area (Å²) in [5.74, 6) is -0.0801. The van der Waals surface area contributed by atoms with Crippen LogP contribution in [0.5, 0.6) is 11.5 Å². The van der Waals surface area contributed by atoms with Crippen LogP contribution in [0.1, 0.15) is 28.8 Å². The Morgan fingerprint density at radius 2 is 1.71 bits per heavy atom. The fourth-order valence-electron chi connectivity index (χ4n) is 2.78. The molecule has 0 bridgehead atoms. The van der Waals surface area contributed by atoms with Gasteiger partial charge in [-0.2, -0.15) is 0 Å². The summed E-state index contributed by atoms with van der Waals surface area (Å²) in [6.45, 7) is 0.0554. The minimum Gasteiger partial charge on any atom is -0.497 e. The zero-order chi connectivity index (χ0) is 22.4. The van der Waals surface area contributed by atoms with E-state index in [2.05, 4.69) is 15.4 Å². The van der Waals surface area contributed by atoms with E-state index >= 15 is 0 Å². The number of amides is 2. The van der Waals surface area contributed by atoms with Gasteiger partial charge in [-0.1, -0.05) is 12.1 Å². The smallest absolute Gasteiger partial charge is 0.251 e. The van der Waals surface area contributed by atoms with Gasteiger partial charge in [-0.3, -0.25) is 9.59 Å². The molecular formula is C21H25N3O6S. The Labute approximate surface area is 181 Å². The van der Waals surface area contributed by atoms with Gasteiger partial charge in [0.05, 0.1) is 20.8 Å². The average molecular weight is 448 g/mol. The summed E-state index contributed by atoms with van der Waals surface area (Å²) in [5.41, 5.74) is 0.994. The molecule has 10 heteroatoms. The molecule has 1 aliphatic rings. The summed E-state index contributed by atoms with van der Waals surface area (Å²) in [4.78, 5) is 24.4. The highest BCUT2D eigenvalue weighted by molar-refractivity contribution is 7.89. The number of ether oxygens (including phenoxy) is 2. The lowest BCUT2D eigenvalue weighted by molar-refractivity contribution is -0.120. The Bertz CT molecular complexity index is 1050. The molecule has 2 aromatic rings. The molecule has 2 aromatic carbocycles. The Balaban J connectivity index is 1.58. The molecule has 0 saturated heterocycles. The van der Waals surface area contributed by atoms with Gasteiger partial charge in [0.2, 0.25) is 15.9 Å². The molecule has 1 saturated carbocycles. The highest BCUT2D eigenvalue weighted by Gasteiger charge is 2.30. The van der Waals surface area contributed by atoms with E-state index < -0.39 is 15.9 Å². The maximum atomic E-state index is 12.6. The van der Waals surface area contributed by atoms with Gasteiger partial charge in [-0.15, -0.1) is 0 Å². The molecule has 3 rings (SSSR count). The molecule has 0 atom stereocenters. The monoisotopic (exact) mass is 447 g/mol. The first-order valence-electron chi connectivity index (χ1n) is 9.70. The van der Waals surface area contributed by atoms with E-state index in [1.54, 1.807) is 19.2 Å². The molecule has 166 valence electrons. The molecule has 3 N–H and O–H groups in total. The molecule has 0 aromatic heterocycles. The van der Waals surface area contributed by atoms with Crippen LogP contribution in [-0.4, -0.2) is 47.0 Å². The first-order chi connectivity index (χ1) is 14.8. The van der Waals surface area contributed by atoms with Crippen molar-refractivity contribution in [1.82, 2.24) is 15.4 Å². The van der Waals surface area contributed by atoms with E-state index in [-0.39, 0.29) is 34.7 Å². The van der Waals surface area contributed by atoms with Crippen LogP contribution in [-0.2, 0) is 21.4 Å². The van der Waals surface area contributed by atoms with E-state index in [0.29, 0.717) is 6.54 Å². The Morgan fingerprint density at radius 3 is 2.32 bits per heavy atom. The third-order valence-electron chi connectivity index (χ3n) is 4.67. The SMILES string of the molecule is COc1ccc(CNC(=O)CNC(=O)c2ccc(OC)c(S(=O)(=O)NC3CC3)c2)cc1. The Morgan fingerprint density at radius 1 is 1.00 bits per heavy atom. The summed E-state index contributed by atoms with van der Waals surface area (Å²) >= 11 is 0. The lowest BCUT2D eigenvalue weighted by Gasteiger charge is -2.12. The van der Waals surface area contributed by atoms with Crippen molar-refractivity contribution in [2.24, 2.45) is 0 Å². The lowest BCUT2D eigenvalue weighted by Crippen LogP contribution is -2.36. The lowest BCUT2D eigenvalue weighted by atomic mass is 10.2. The first kappa shape index (κ1) is 22.6. The van der Waals surface area contributed by atoms with Crippen molar-refractivity contribution in [1.29, 1.82) is 0 Å². The van der Waals surface area contributed by atoms with E-state index in [0.717, 1.165) is 24.2 Å². The maximum Gasteiger partial charge on any atom is 0.251 e. The number of carbonyl (C=O) groups excluding carboxylic acids is 2. The van der Waals surface area contributed by atoms with Crippen LogP contribution in [0.15, 0.2) is 47.4 Å². The van der Waals surface area contributed by atoms with Crippen molar-refractivity contribution in [3.63, 3.8) is 0 Å². The zero-order valence-electron chi connectivity index (χ0n) is 17.3. The zero-order valence-corrected chi connectivity index (χ0v) is 18.1. The number of sulfonamides is 1. The van der Waals surface area contributed by atoms with Crippen LogP contribution >= 0.6 is 0 Å². The summed E-state index contributed by atoms with van der Waals surface area (Å²) < 4.78 is 37.9. The second-order valence-electron chi connectivity index (χ2n) is 7.07. The van der Waals surface area contributed by atoms with Crippen molar-refractivity contribution < 1.29 is 27.5 Å². The predicted molar refractivity (Wildman–Crippen MR) is 114 cm³/mol. The second-order valence-corrected chi connectivity index (χ2v) is 8.75. The van der Waals surface area contributed by atoms with Gasteiger partial charge in [0.15, 0.2) is 0 Å². The third-order valence-corrected chi connectivity index (χ3v) is 6.21. The van der Waals surface area contributed by atoms with Crippen LogP contribution in [0.2, 0.25) is 0 Å². The average Bonchev–Trinajstić information content (AvgIpc) is 3.59. The van der Waals surface area contributed by atoms with E-state index in [1.165, 1.54) is 25.3 Å². The summed E-state index contributed by atoms with van der Waals surface area (Å²) in [6.07, 6.45) is 1.57. The van der Waals surface area contributed by atoms with Gasteiger partial charge >= 0.3 is 0 Å². The molecule has 2 amide bonds. The summed E-state index contributed by atoms with van der Waals surface area (Å²) in [6, 6.07) is 11.3. The van der Waals surface area contributed by atoms with E-state index in [4.69, 9.17) is 9.47 Å². The quantitative estimate of drug-likeness (QED) is 0.503. The second kappa shape index (κ2) is 9.80. The van der Waals surface area contributed by atoms with Crippen LogP contribution in [0.3, 0.4) is 0 Å². The fraction of sp³-hybridized carbons (Fsp3) is 0.333. The minimum atomic E-state index is -3.81. The van der Waals surface area contributed by atoms with Crippen LogP contribution < -0.4 is 24.8 Å². The first-order valence-corrected chi connectivity index (χ1v) is 11.2. The molecule has 0 heterocycles. The van der Waals surface area contributed by atoms with Crippen LogP contribution in [0.4, 0.5) is 0 Å². The number of carbonyl (C=O) groups is 2. The van der Waals surface area contributed by atoms with Crippen molar-refractivity contribution >= 4 is 21.8 Å². The number of hydrogen-bond donors (Lipinski definition) is 3. The number of rotatable bonds is 10. The van der Waals surface area contributed by atoms with E-state index in [1.807, 2.05) is 12.1 Å². The summed E-state index contributed by atoms with van der Waals surface area (Å²) in [7, 11) is -0.881. The molecular weight excluding hydrogens is 422 g/mol. The number of hydrogen-bond acceptors (Lipinski definition) is 6. The van der Waals surface area contributed by atoms with Gasteiger partial charge in [0, 0.05) is 18.2 Å². The largest absolute Gasteiger partial charge is 0.497 e. The predicted octanol–water partition coefficient (Wildman–Crippen LogP) is 1.19. The minimum absolute atomic E-state index is 0.0819. The van der Waals surface area contributed by atoms with Gasteiger partial charge in [0.25, 0.3) is 5.91 Å². The highest BCUT2D eigenvalue weighted by atomic mass is 32.2. The molecule has 0 unspecified atom stereocenters. The number of methoxy groups -OCH3 is 2. The molecule has 1 aliphatic carbocycles. The Hall–Kier alpha value is -3.11. The third kappa shape index (κ3) is 6.19. The molecule has 0 spiro atoms. The maximum absolute atomic E-state index is 12.6. The molecule has 31 heavy (non-hydrogen) atoms. The van der Waals surface area contributed by atoms with Crippen LogP contribution in [0.25, 0.3) is 0 Å². The van der Waals surface area contributed by atoms with Crippen molar-refractivity contribution in [2.75, 3.05) is 20.8 Å².